The second-order valence-corrected chi connectivity index (χ2v) is 3.93. The molecule has 2 aromatic carbocycles. The van der Waals surface area contributed by atoms with Gasteiger partial charge in [0.05, 0.1) is 24.9 Å². The quantitative estimate of drug-likeness (QED) is 0.616. The summed E-state index contributed by atoms with van der Waals surface area (Å²) >= 11 is 0. The van der Waals surface area contributed by atoms with Crippen LogP contribution in [0.3, 0.4) is 0 Å². The van der Waals surface area contributed by atoms with E-state index < -0.39 is 0 Å². The summed E-state index contributed by atoms with van der Waals surface area (Å²) in [6.07, 6.45) is 0. The standard InChI is InChI=1S/C15H14N2O2/c1-19-15(18)13-7-5-6-12(10-13)11-16-17-14-8-3-2-4-9-14/h2-10H,11H2,1H3. The fraction of sp³-hybridized carbons (Fsp3) is 0.133. The van der Waals surface area contributed by atoms with Crippen LogP contribution in [0.1, 0.15) is 15.9 Å². The average Bonchev–Trinajstić information content (AvgIpc) is 2.48. The highest BCUT2D eigenvalue weighted by molar-refractivity contribution is 5.89. The van der Waals surface area contributed by atoms with Crippen molar-refractivity contribution in [1.29, 1.82) is 0 Å². The van der Waals surface area contributed by atoms with Crippen molar-refractivity contribution in [2.24, 2.45) is 10.2 Å². The zero-order valence-corrected chi connectivity index (χ0v) is 10.6. The van der Waals surface area contributed by atoms with Gasteiger partial charge < -0.3 is 4.74 Å². The molecule has 0 saturated heterocycles. The number of esters is 1. The number of azo groups is 1. The van der Waals surface area contributed by atoms with E-state index in [1.165, 1.54) is 7.11 Å². The molecule has 4 nitrogen and oxygen atoms in total. The molecule has 96 valence electrons. The van der Waals surface area contributed by atoms with Crippen molar-refractivity contribution in [2.75, 3.05) is 7.11 Å². The molecule has 2 rings (SSSR count). The Morgan fingerprint density at radius 3 is 2.63 bits per heavy atom. The maximum absolute atomic E-state index is 11.4. The zero-order valence-electron chi connectivity index (χ0n) is 10.6. The molecule has 0 aliphatic heterocycles. The van der Waals surface area contributed by atoms with Crippen molar-refractivity contribution >= 4 is 11.7 Å². The van der Waals surface area contributed by atoms with E-state index in [-0.39, 0.29) is 5.97 Å². The third-order valence-electron chi connectivity index (χ3n) is 2.54. The molecule has 0 heterocycles. The number of carbonyl (C=O) groups is 1. The van der Waals surface area contributed by atoms with Crippen LogP contribution in [0.15, 0.2) is 64.8 Å². The number of benzene rings is 2. The lowest BCUT2D eigenvalue weighted by Gasteiger charge is -2.01. The number of nitrogens with zero attached hydrogens (tertiary/aromatic N) is 2. The topological polar surface area (TPSA) is 51.0 Å². The number of hydrogen-bond acceptors (Lipinski definition) is 4. The van der Waals surface area contributed by atoms with Crippen LogP contribution in [-0.4, -0.2) is 13.1 Å². The summed E-state index contributed by atoms with van der Waals surface area (Å²) in [4.78, 5) is 11.4. The Balaban J connectivity index is 2.04. The lowest BCUT2D eigenvalue weighted by atomic mass is 10.1. The van der Waals surface area contributed by atoms with Gasteiger partial charge in [-0.2, -0.15) is 10.2 Å². The molecular formula is C15H14N2O2. The smallest absolute Gasteiger partial charge is 0.337 e. The van der Waals surface area contributed by atoms with Crippen LogP contribution in [0.2, 0.25) is 0 Å². The summed E-state index contributed by atoms with van der Waals surface area (Å²) in [6, 6.07) is 16.7. The molecule has 0 fully saturated rings. The maximum Gasteiger partial charge on any atom is 0.337 e. The lowest BCUT2D eigenvalue weighted by Crippen LogP contribution is -2.01. The summed E-state index contributed by atoms with van der Waals surface area (Å²) < 4.78 is 4.67. The van der Waals surface area contributed by atoms with Crippen LogP contribution in [0.4, 0.5) is 5.69 Å². The van der Waals surface area contributed by atoms with Gasteiger partial charge in [0.15, 0.2) is 0 Å². The monoisotopic (exact) mass is 254 g/mol. The third kappa shape index (κ3) is 3.74. The second-order valence-electron chi connectivity index (χ2n) is 3.93. The summed E-state index contributed by atoms with van der Waals surface area (Å²) in [7, 11) is 1.37. The van der Waals surface area contributed by atoms with Crippen LogP contribution in [0, 0.1) is 0 Å². The Morgan fingerprint density at radius 1 is 1.11 bits per heavy atom. The molecule has 0 aliphatic rings. The van der Waals surface area contributed by atoms with Crippen molar-refractivity contribution in [3.8, 4) is 0 Å². The summed E-state index contributed by atoms with van der Waals surface area (Å²) in [5, 5.41) is 8.22. The van der Waals surface area contributed by atoms with E-state index in [9.17, 15) is 4.79 Å². The Kier molecular flexibility index (Phi) is 4.39. The molecule has 4 heteroatoms. The lowest BCUT2D eigenvalue weighted by molar-refractivity contribution is 0.0600. The molecule has 0 amide bonds. The van der Waals surface area contributed by atoms with Gasteiger partial charge in [0.25, 0.3) is 0 Å². The summed E-state index contributed by atoms with van der Waals surface area (Å²) in [6.45, 7) is 0.430. The molecule has 19 heavy (non-hydrogen) atoms. The Bertz CT molecular complexity index is 580. The van der Waals surface area contributed by atoms with Gasteiger partial charge in [0, 0.05) is 0 Å². The molecule has 0 radical (unpaired) electrons. The molecular weight excluding hydrogens is 240 g/mol. The van der Waals surface area contributed by atoms with E-state index >= 15 is 0 Å². The minimum atomic E-state index is -0.346. The van der Waals surface area contributed by atoms with Gasteiger partial charge in [-0.3, -0.25) is 0 Å². The molecule has 2 aromatic rings. The van der Waals surface area contributed by atoms with Crippen molar-refractivity contribution in [3.63, 3.8) is 0 Å². The SMILES string of the molecule is COC(=O)c1cccc(CN=Nc2ccccc2)c1. The number of carbonyl (C=O) groups excluding carboxylic acids is 1. The van der Waals surface area contributed by atoms with Gasteiger partial charge in [-0.15, -0.1) is 0 Å². The summed E-state index contributed by atoms with van der Waals surface area (Å²) in [5.74, 6) is -0.346. The van der Waals surface area contributed by atoms with E-state index in [0.717, 1.165) is 11.3 Å². The van der Waals surface area contributed by atoms with Crippen LogP contribution in [-0.2, 0) is 11.3 Å². The minimum Gasteiger partial charge on any atom is -0.465 e. The van der Waals surface area contributed by atoms with E-state index in [4.69, 9.17) is 0 Å². The number of rotatable bonds is 4. The molecule has 0 saturated carbocycles. The van der Waals surface area contributed by atoms with Crippen molar-refractivity contribution < 1.29 is 9.53 Å². The van der Waals surface area contributed by atoms with Gasteiger partial charge in [-0.25, -0.2) is 4.79 Å². The Hall–Kier alpha value is -2.49. The van der Waals surface area contributed by atoms with Gasteiger partial charge in [0.1, 0.15) is 0 Å². The average molecular weight is 254 g/mol. The summed E-state index contributed by atoms with van der Waals surface area (Å²) in [5.41, 5.74) is 2.25. The molecule has 0 aliphatic carbocycles. The van der Waals surface area contributed by atoms with Crippen molar-refractivity contribution in [3.05, 3.63) is 65.7 Å². The predicted molar refractivity (Wildman–Crippen MR) is 72.4 cm³/mol. The highest BCUT2D eigenvalue weighted by Crippen LogP contribution is 2.12. The minimum absolute atomic E-state index is 0.346. The molecule has 0 aromatic heterocycles. The zero-order chi connectivity index (χ0) is 13.5. The van der Waals surface area contributed by atoms with Gasteiger partial charge in [0.2, 0.25) is 0 Å². The third-order valence-corrected chi connectivity index (χ3v) is 2.54. The van der Waals surface area contributed by atoms with Crippen LogP contribution < -0.4 is 0 Å². The van der Waals surface area contributed by atoms with Crippen molar-refractivity contribution in [2.45, 2.75) is 6.54 Å². The molecule has 0 unspecified atom stereocenters. The first kappa shape index (κ1) is 13.0. The van der Waals surface area contributed by atoms with E-state index in [2.05, 4.69) is 15.0 Å². The van der Waals surface area contributed by atoms with Gasteiger partial charge >= 0.3 is 5.97 Å². The highest BCUT2D eigenvalue weighted by atomic mass is 16.5. The highest BCUT2D eigenvalue weighted by Gasteiger charge is 2.04. The molecule has 0 spiro atoms. The van der Waals surface area contributed by atoms with Crippen LogP contribution in [0.5, 0.6) is 0 Å². The largest absolute Gasteiger partial charge is 0.465 e. The predicted octanol–water partition coefficient (Wildman–Crippen LogP) is 3.76. The van der Waals surface area contributed by atoms with Crippen LogP contribution >= 0.6 is 0 Å². The first-order valence-corrected chi connectivity index (χ1v) is 5.89. The Labute approximate surface area is 111 Å². The molecule has 0 N–H and O–H groups in total. The normalized spacial score (nSPS) is 10.6. The number of methoxy groups -OCH3 is 1. The van der Waals surface area contributed by atoms with Crippen LogP contribution in [0.25, 0.3) is 0 Å². The fourth-order valence-electron chi connectivity index (χ4n) is 1.61. The Morgan fingerprint density at radius 2 is 1.89 bits per heavy atom. The molecule has 0 bridgehead atoms. The molecule has 0 atom stereocenters. The van der Waals surface area contributed by atoms with E-state index in [0.29, 0.717) is 12.1 Å². The maximum atomic E-state index is 11.4. The van der Waals surface area contributed by atoms with E-state index in [1.807, 2.05) is 36.4 Å². The second kappa shape index (κ2) is 6.44. The van der Waals surface area contributed by atoms with Gasteiger partial charge in [-0.1, -0.05) is 30.3 Å². The number of ether oxygens (including phenoxy) is 1. The van der Waals surface area contributed by atoms with Gasteiger partial charge in [-0.05, 0) is 29.8 Å². The first-order valence-electron chi connectivity index (χ1n) is 5.89. The first-order chi connectivity index (χ1) is 9.29. The number of hydrogen-bond donors (Lipinski definition) is 0. The van der Waals surface area contributed by atoms with E-state index in [1.54, 1.807) is 18.2 Å². The fourth-order valence-corrected chi connectivity index (χ4v) is 1.61. The van der Waals surface area contributed by atoms with Crippen molar-refractivity contribution in [1.82, 2.24) is 0 Å².